The van der Waals surface area contributed by atoms with Crippen LogP contribution in [-0.4, -0.2) is 17.5 Å². The van der Waals surface area contributed by atoms with Gasteiger partial charge in [-0.1, -0.05) is 37.3 Å². The van der Waals surface area contributed by atoms with Gasteiger partial charge in [0.05, 0.1) is 0 Å². The van der Waals surface area contributed by atoms with Crippen LogP contribution in [0.1, 0.15) is 18.9 Å². The van der Waals surface area contributed by atoms with E-state index in [2.05, 4.69) is 5.32 Å². The number of halogens is 2. The van der Waals surface area contributed by atoms with E-state index in [0.29, 0.717) is 13.1 Å². The van der Waals surface area contributed by atoms with E-state index >= 15 is 0 Å². The molecular formula is C17H18F2N2O. The summed E-state index contributed by atoms with van der Waals surface area (Å²) < 4.78 is 26.3. The third-order valence-corrected chi connectivity index (χ3v) is 3.11. The number of urea groups is 1. The third-order valence-electron chi connectivity index (χ3n) is 3.11. The van der Waals surface area contributed by atoms with Crippen molar-refractivity contribution in [1.29, 1.82) is 0 Å². The van der Waals surface area contributed by atoms with Crippen molar-refractivity contribution < 1.29 is 13.6 Å². The van der Waals surface area contributed by atoms with Crippen LogP contribution < -0.4 is 5.32 Å². The van der Waals surface area contributed by atoms with Gasteiger partial charge < -0.3 is 10.2 Å². The highest BCUT2D eigenvalue weighted by Crippen LogP contribution is 2.14. The zero-order chi connectivity index (χ0) is 15.9. The number of hydrogen-bond acceptors (Lipinski definition) is 1. The van der Waals surface area contributed by atoms with Gasteiger partial charge in [0.1, 0.15) is 11.6 Å². The van der Waals surface area contributed by atoms with Gasteiger partial charge in [-0.15, -0.1) is 0 Å². The van der Waals surface area contributed by atoms with E-state index in [0.717, 1.165) is 30.2 Å². The molecule has 2 aromatic rings. The van der Waals surface area contributed by atoms with Crippen LogP contribution in [0.25, 0.3) is 0 Å². The fraction of sp³-hybridized carbons (Fsp3) is 0.235. The van der Waals surface area contributed by atoms with Crippen molar-refractivity contribution in [3.05, 3.63) is 65.7 Å². The van der Waals surface area contributed by atoms with Crippen molar-refractivity contribution in [2.45, 2.75) is 19.9 Å². The molecule has 0 aliphatic rings. The molecule has 0 aromatic heterocycles. The molecular weight excluding hydrogens is 286 g/mol. The van der Waals surface area contributed by atoms with Crippen LogP contribution in [0.15, 0.2) is 48.5 Å². The maximum absolute atomic E-state index is 13.2. The maximum atomic E-state index is 13.2. The van der Waals surface area contributed by atoms with Gasteiger partial charge in [0.25, 0.3) is 0 Å². The monoisotopic (exact) mass is 304 g/mol. The molecule has 0 unspecified atom stereocenters. The van der Waals surface area contributed by atoms with Crippen LogP contribution in [0.4, 0.5) is 19.3 Å². The molecule has 0 bridgehead atoms. The van der Waals surface area contributed by atoms with Crippen LogP contribution in [-0.2, 0) is 6.54 Å². The fourth-order valence-electron chi connectivity index (χ4n) is 2.15. The topological polar surface area (TPSA) is 32.3 Å². The Hall–Kier alpha value is -2.43. The lowest BCUT2D eigenvalue weighted by Gasteiger charge is -2.22. The number of carbonyl (C=O) groups excluding carboxylic acids is 1. The number of nitrogens with one attached hydrogen (secondary N) is 1. The lowest BCUT2D eigenvalue weighted by atomic mass is 10.2. The number of amides is 2. The minimum absolute atomic E-state index is 0.108. The number of nitrogens with zero attached hydrogens (tertiary/aromatic N) is 1. The van der Waals surface area contributed by atoms with E-state index in [-0.39, 0.29) is 11.7 Å². The van der Waals surface area contributed by atoms with E-state index in [1.54, 1.807) is 4.90 Å². The minimum Gasteiger partial charge on any atom is -0.320 e. The van der Waals surface area contributed by atoms with Crippen LogP contribution >= 0.6 is 0 Å². The highest BCUT2D eigenvalue weighted by atomic mass is 19.1. The zero-order valence-electron chi connectivity index (χ0n) is 12.4. The maximum Gasteiger partial charge on any atom is 0.322 e. The molecule has 0 aliphatic heterocycles. The highest BCUT2D eigenvalue weighted by molar-refractivity contribution is 5.89. The molecule has 2 aromatic carbocycles. The van der Waals surface area contributed by atoms with Crippen LogP contribution in [0.3, 0.4) is 0 Å². The highest BCUT2D eigenvalue weighted by Gasteiger charge is 2.14. The first-order chi connectivity index (χ1) is 10.6. The predicted octanol–water partition coefficient (Wildman–Crippen LogP) is 4.41. The first-order valence-electron chi connectivity index (χ1n) is 7.14. The number of rotatable bonds is 5. The van der Waals surface area contributed by atoms with Crippen molar-refractivity contribution in [1.82, 2.24) is 4.90 Å². The largest absolute Gasteiger partial charge is 0.322 e. The summed E-state index contributed by atoms with van der Waals surface area (Å²) in [7, 11) is 0. The van der Waals surface area contributed by atoms with Gasteiger partial charge in [0.2, 0.25) is 0 Å². The second-order valence-electron chi connectivity index (χ2n) is 5.00. The van der Waals surface area contributed by atoms with Gasteiger partial charge in [-0.05, 0) is 24.1 Å². The van der Waals surface area contributed by atoms with Crippen LogP contribution in [0, 0.1) is 11.6 Å². The summed E-state index contributed by atoms with van der Waals surface area (Å²) in [6.07, 6.45) is 0.789. The van der Waals surface area contributed by atoms with E-state index in [9.17, 15) is 13.6 Å². The van der Waals surface area contributed by atoms with Gasteiger partial charge in [-0.25, -0.2) is 13.6 Å². The molecule has 22 heavy (non-hydrogen) atoms. The molecule has 2 rings (SSSR count). The van der Waals surface area contributed by atoms with Crippen molar-refractivity contribution in [3.63, 3.8) is 0 Å². The second kappa shape index (κ2) is 7.54. The summed E-state index contributed by atoms with van der Waals surface area (Å²) >= 11 is 0. The van der Waals surface area contributed by atoms with E-state index in [1.165, 1.54) is 0 Å². The average molecular weight is 304 g/mol. The molecule has 3 nitrogen and oxygen atoms in total. The zero-order valence-corrected chi connectivity index (χ0v) is 12.4. The molecule has 0 saturated heterocycles. The Labute approximate surface area is 128 Å². The lowest BCUT2D eigenvalue weighted by molar-refractivity contribution is 0.209. The Kier molecular flexibility index (Phi) is 5.47. The molecule has 0 aliphatic carbocycles. The fourth-order valence-corrected chi connectivity index (χ4v) is 2.15. The average Bonchev–Trinajstić information content (AvgIpc) is 2.46. The molecule has 5 heteroatoms. The molecule has 0 radical (unpaired) electrons. The molecule has 2 amide bonds. The normalized spacial score (nSPS) is 10.3. The Bertz CT molecular complexity index is 612. The molecule has 0 saturated carbocycles. The summed E-state index contributed by atoms with van der Waals surface area (Å²) in [5.74, 6) is -1.44. The summed E-state index contributed by atoms with van der Waals surface area (Å²) in [6, 6.07) is 12.1. The smallest absolute Gasteiger partial charge is 0.320 e. The molecule has 0 atom stereocenters. The van der Waals surface area contributed by atoms with Crippen LogP contribution in [0.2, 0.25) is 0 Å². The Morgan fingerprint density at radius 1 is 1.09 bits per heavy atom. The molecule has 1 N–H and O–H groups in total. The van der Waals surface area contributed by atoms with Crippen molar-refractivity contribution in [2.75, 3.05) is 11.9 Å². The SMILES string of the molecule is CCCN(Cc1ccccc1)C(=O)Nc1cc(F)cc(F)c1. The standard InChI is InChI=1S/C17H18F2N2O/c1-2-8-21(12-13-6-4-3-5-7-13)17(22)20-16-10-14(18)9-15(19)11-16/h3-7,9-11H,2,8,12H2,1H3,(H,20,22). The number of carbonyl (C=O) groups is 1. The molecule has 0 heterocycles. The van der Waals surface area contributed by atoms with Crippen LogP contribution in [0.5, 0.6) is 0 Å². The predicted molar refractivity (Wildman–Crippen MR) is 82.5 cm³/mol. The van der Waals surface area contributed by atoms with E-state index in [1.807, 2.05) is 37.3 Å². The van der Waals surface area contributed by atoms with E-state index < -0.39 is 11.6 Å². The first kappa shape index (κ1) is 15.9. The van der Waals surface area contributed by atoms with Crippen molar-refractivity contribution in [3.8, 4) is 0 Å². The van der Waals surface area contributed by atoms with Gasteiger partial charge in [0, 0.05) is 24.8 Å². The van der Waals surface area contributed by atoms with Crippen molar-refractivity contribution >= 4 is 11.7 Å². The van der Waals surface area contributed by atoms with Gasteiger partial charge >= 0.3 is 6.03 Å². The molecule has 0 spiro atoms. The first-order valence-corrected chi connectivity index (χ1v) is 7.14. The van der Waals surface area contributed by atoms with E-state index in [4.69, 9.17) is 0 Å². The number of benzene rings is 2. The second-order valence-corrected chi connectivity index (χ2v) is 5.00. The summed E-state index contributed by atoms with van der Waals surface area (Å²) in [4.78, 5) is 13.9. The summed E-state index contributed by atoms with van der Waals surface area (Å²) in [5.41, 5.74) is 1.10. The molecule has 116 valence electrons. The minimum atomic E-state index is -0.722. The van der Waals surface area contributed by atoms with Gasteiger partial charge in [0.15, 0.2) is 0 Å². The summed E-state index contributed by atoms with van der Waals surface area (Å²) in [5, 5.41) is 2.54. The van der Waals surface area contributed by atoms with Gasteiger partial charge in [-0.2, -0.15) is 0 Å². The molecule has 0 fully saturated rings. The quantitative estimate of drug-likeness (QED) is 0.872. The Balaban J connectivity index is 2.09. The number of hydrogen-bond donors (Lipinski definition) is 1. The lowest BCUT2D eigenvalue weighted by Crippen LogP contribution is -2.35. The Morgan fingerprint density at radius 3 is 2.32 bits per heavy atom. The summed E-state index contributed by atoms with van der Waals surface area (Å²) in [6.45, 7) is 2.96. The number of anilines is 1. The third kappa shape index (κ3) is 4.55. The Morgan fingerprint density at radius 2 is 1.73 bits per heavy atom. The van der Waals surface area contributed by atoms with Gasteiger partial charge in [-0.3, -0.25) is 0 Å². The van der Waals surface area contributed by atoms with Crippen molar-refractivity contribution in [2.24, 2.45) is 0 Å².